The molecule has 3 rings (SSSR count). The summed E-state index contributed by atoms with van der Waals surface area (Å²) in [5.41, 5.74) is 2.70. The molecule has 6 nitrogen and oxygen atoms in total. The van der Waals surface area contributed by atoms with E-state index < -0.39 is 0 Å². The van der Waals surface area contributed by atoms with Crippen LogP contribution in [0.4, 0.5) is 0 Å². The molecule has 0 fully saturated rings. The first-order chi connectivity index (χ1) is 11.9. The molecular weight excluding hydrogens is 320 g/mol. The van der Waals surface area contributed by atoms with Crippen LogP contribution in [-0.2, 0) is 0 Å². The molecule has 0 bridgehead atoms. The van der Waals surface area contributed by atoms with Gasteiger partial charge in [-0.25, -0.2) is 0 Å². The SMILES string of the molecule is CC(C)c1cc(/C(=N/N)C(C)c2ccc3c(c2)OCO3)c(O)cc1O. The van der Waals surface area contributed by atoms with Gasteiger partial charge in [-0.3, -0.25) is 0 Å². The number of nitrogens with zero attached hydrogens (tertiary/aromatic N) is 1. The molecule has 6 heteroatoms. The van der Waals surface area contributed by atoms with Crippen molar-refractivity contribution in [3.05, 3.63) is 47.0 Å². The lowest BCUT2D eigenvalue weighted by Crippen LogP contribution is -2.14. The molecule has 0 amide bonds. The van der Waals surface area contributed by atoms with Crippen molar-refractivity contribution < 1.29 is 19.7 Å². The molecule has 1 aliphatic rings. The molecule has 132 valence electrons. The van der Waals surface area contributed by atoms with Crippen molar-refractivity contribution >= 4 is 5.71 Å². The predicted molar refractivity (Wildman–Crippen MR) is 95.6 cm³/mol. The predicted octanol–water partition coefficient (Wildman–Crippen LogP) is 3.42. The van der Waals surface area contributed by atoms with E-state index >= 15 is 0 Å². The summed E-state index contributed by atoms with van der Waals surface area (Å²) >= 11 is 0. The van der Waals surface area contributed by atoms with Crippen molar-refractivity contribution in [2.75, 3.05) is 6.79 Å². The number of hydrazone groups is 1. The lowest BCUT2D eigenvalue weighted by atomic mass is 9.88. The van der Waals surface area contributed by atoms with Crippen LogP contribution < -0.4 is 15.3 Å². The first kappa shape index (κ1) is 17.0. The second-order valence-corrected chi connectivity index (χ2v) is 6.43. The molecule has 1 unspecified atom stereocenters. The Hall–Kier alpha value is -2.89. The number of aromatic hydroxyl groups is 2. The average molecular weight is 342 g/mol. The van der Waals surface area contributed by atoms with Crippen LogP contribution in [0, 0.1) is 0 Å². The molecule has 2 aromatic rings. The molecule has 2 aromatic carbocycles. The Labute approximate surface area is 146 Å². The van der Waals surface area contributed by atoms with Gasteiger partial charge in [0.1, 0.15) is 11.5 Å². The summed E-state index contributed by atoms with van der Waals surface area (Å²) in [6.45, 7) is 6.10. The number of phenolic OH excluding ortho intramolecular Hbond substituents is 2. The van der Waals surface area contributed by atoms with E-state index in [9.17, 15) is 10.2 Å². The van der Waals surface area contributed by atoms with Crippen LogP contribution >= 0.6 is 0 Å². The van der Waals surface area contributed by atoms with Gasteiger partial charge in [0, 0.05) is 17.5 Å². The highest BCUT2D eigenvalue weighted by molar-refractivity contribution is 6.07. The van der Waals surface area contributed by atoms with Gasteiger partial charge in [-0.1, -0.05) is 26.8 Å². The highest BCUT2D eigenvalue weighted by Gasteiger charge is 2.23. The maximum atomic E-state index is 10.3. The van der Waals surface area contributed by atoms with Gasteiger partial charge in [0.05, 0.1) is 5.71 Å². The zero-order valence-corrected chi connectivity index (χ0v) is 14.5. The standard InChI is InChI=1S/C19H22N2O4/c1-10(2)13-7-14(16(23)8-15(13)22)19(21-20)11(3)12-4-5-17-18(6-12)25-9-24-17/h4-8,10-11,22-23H,9,20H2,1-3H3/b21-19+. The fraction of sp³-hybridized carbons (Fsp3) is 0.316. The minimum atomic E-state index is -0.185. The second-order valence-electron chi connectivity index (χ2n) is 6.43. The van der Waals surface area contributed by atoms with Gasteiger partial charge in [-0.2, -0.15) is 5.10 Å². The minimum Gasteiger partial charge on any atom is -0.508 e. The van der Waals surface area contributed by atoms with E-state index in [0.717, 1.165) is 11.1 Å². The summed E-state index contributed by atoms with van der Waals surface area (Å²) in [5, 5.41) is 24.3. The van der Waals surface area contributed by atoms with E-state index in [4.69, 9.17) is 15.3 Å². The van der Waals surface area contributed by atoms with E-state index in [-0.39, 0.29) is 30.1 Å². The number of hydrogen-bond donors (Lipinski definition) is 3. The van der Waals surface area contributed by atoms with Gasteiger partial charge in [0.2, 0.25) is 6.79 Å². The molecule has 4 N–H and O–H groups in total. The summed E-state index contributed by atoms with van der Waals surface area (Å²) in [6, 6.07) is 8.73. The van der Waals surface area contributed by atoms with Gasteiger partial charge in [-0.05, 0) is 35.2 Å². The molecule has 0 radical (unpaired) electrons. The zero-order chi connectivity index (χ0) is 18.1. The molecule has 0 saturated carbocycles. The van der Waals surface area contributed by atoms with Crippen molar-refractivity contribution in [2.24, 2.45) is 10.9 Å². The van der Waals surface area contributed by atoms with E-state index in [1.807, 2.05) is 39.0 Å². The van der Waals surface area contributed by atoms with Crippen molar-refractivity contribution in [1.29, 1.82) is 0 Å². The number of benzene rings is 2. The molecule has 1 heterocycles. The van der Waals surface area contributed by atoms with Crippen molar-refractivity contribution in [3.63, 3.8) is 0 Å². The highest BCUT2D eigenvalue weighted by Crippen LogP contribution is 2.38. The monoisotopic (exact) mass is 342 g/mol. The Morgan fingerprint density at radius 3 is 2.44 bits per heavy atom. The maximum Gasteiger partial charge on any atom is 0.231 e. The zero-order valence-electron chi connectivity index (χ0n) is 14.5. The summed E-state index contributed by atoms with van der Waals surface area (Å²) in [6.07, 6.45) is 0. The molecule has 1 aliphatic heterocycles. The Bertz CT molecular complexity index is 830. The van der Waals surface area contributed by atoms with Crippen LogP contribution in [0.3, 0.4) is 0 Å². The van der Waals surface area contributed by atoms with Crippen LogP contribution in [0.5, 0.6) is 23.0 Å². The number of hydrogen-bond acceptors (Lipinski definition) is 6. The lowest BCUT2D eigenvalue weighted by molar-refractivity contribution is 0.174. The van der Waals surface area contributed by atoms with Crippen LogP contribution in [0.25, 0.3) is 0 Å². The van der Waals surface area contributed by atoms with Crippen LogP contribution in [0.15, 0.2) is 35.4 Å². The molecule has 0 aromatic heterocycles. The topological polar surface area (TPSA) is 97.3 Å². The van der Waals surface area contributed by atoms with Gasteiger partial charge in [-0.15, -0.1) is 0 Å². The number of nitrogens with two attached hydrogens (primary N) is 1. The van der Waals surface area contributed by atoms with Gasteiger partial charge < -0.3 is 25.5 Å². The average Bonchev–Trinajstić information content (AvgIpc) is 3.04. The third-order valence-electron chi connectivity index (χ3n) is 4.49. The second kappa shape index (κ2) is 6.55. The normalized spacial score (nSPS) is 14.8. The maximum absolute atomic E-state index is 10.3. The first-order valence-electron chi connectivity index (χ1n) is 8.16. The van der Waals surface area contributed by atoms with Crippen LogP contribution in [0.2, 0.25) is 0 Å². The van der Waals surface area contributed by atoms with Crippen LogP contribution in [0.1, 0.15) is 49.3 Å². The van der Waals surface area contributed by atoms with Crippen molar-refractivity contribution in [1.82, 2.24) is 0 Å². The summed E-state index contributed by atoms with van der Waals surface area (Å²) in [4.78, 5) is 0. The van der Waals surface area contributed by atoms with E-state index in [0.29, 0.717) is 22.8 Å². The smallest absolute Gasteiger partial charge is 0.231 e. The van der Waals surface area contributed by atoms with E-state index in [2.05, 4.69) is 5.10 Å². The van der Waals surface area contributed by atoms with Gasteiger partial charge in [0.25, 0.3) is 0 Å². The largest absolute Gasteiger partial charge is 0.508 e. The molecular formula is C19H22N2O4. The Kier molecular flexibility index (Phi) is 4.44. The lowest BCUT2D eigenvalue weighted by Gasteiger charge is -2.18. The van der Waals surface area contributed by atoms with Crippen LogP contribution in [-0.4, -0.2) is 22.7 Å². The molecule has 0 aliphatic carbocycles. The number of fused-ring (bicyclic) bond motifs is 1. The molecule has 0 saturated heterocycles. The Morgan fingerprint density at radius 2 is 1.76 bits per heavy atom. The molecule has 0 spiro atoms. The van der Waals surface area contributed by atoms with Crippen molar-refractivity contribution in [3.8, 4) is 23.0 Å². The fourth-order valence-corrected chi connectivity index (χ4v) is 3.02. The number of rotatable bonds is 4. The number of ether oxygens (including phenoxy) is 2. The fourth-order valence-electron chi connectivity index (χ4n) is 3.02. The third kappa shape index (κ3) is 3.07. The Balaban J connectivity index is 2.01. The third-order valence-corrected chi connectivity index (χ3v) is 4.49. The quantitative estimate of drug-likeness (QED) is 0.449. The number of phenols is 2. The highest BCUT2D eigenvalue weighted by atomic mass is 16.7. The molecule has 1 atom stereocenters. The Morgan fingerprint density at radius 1 is 1.04 bits per heavy atom. The van der Waals surface area contributed by atoms with Gasteiger partial charge in [0.15, 0.2) is 11.5 Å². The summed E-state index contributed by atoms with van der Waals surface area (Å²) < 4.78 is 10.8. The van der Waals surface area contributed by atoms with Gasteiger partial charge >= 0.3 is 0 Å². The van der Waals surface area contributed by atoms with E-state index in [1.165, 1.54) is 6.07 Å². The van der Waals surface area contributed by atoms with E-state index in [1.54, 1.807) is 6.07 Å². The summed E-state index contributed by atoms with van der Waals surface area (Å²) in [5.74, 6) is 6.95. The first-order valence-corrected chi connectivity index (χ1v) is 8.16. The minimum absolute atomic E-state index is 0.0568. The molecule has 25 heavy (non-hydrogen) atoms. The van der Waals surface area contributed by atoms with Crippen molar-refractivity contribution in [2.45, 2.75) is 32.6 Å². The summed E-state index contributed by atoms with van der Waals surface area (Å²) in [7, 11) is 0.